The number of benzene rings is 7. The highest BCUT2D eigenvalue weighted by atomic mass is 19.4. The minimum absolute atomic E-state index is 0.605. The fraction of sp³-hybridized carbons (Fsp3) is 0.0250. The van der Waals surface area contributed by atoms with Gasteiger partial charge in [0.05, 0.1) is 5.56 Å². The first-order valence-electron chi connectivity index (χ1n) is 14.6. The topological polar surface area (TPSA) is 26.0 Å². The molecule has 0 aliphatic heterocycles. The molecule has 0 aliphatic rings. The lowest BCUT2D eigenvalue weighted by atomic mass is 9.91. The molecule has 0 saturated heterocycles. The second kappa shape index (κ2) is 10.5. The first-order chi connectivity index (χ1) is 21.9. The monoisotopic (exact) mass is 591 g/mol. The minimum atomic E-state index is -4.36. The number of oxazole rings is 1. The van der Waals surface area contributed by atoms with E-state index in [1.807, 2.05) is 60.7 Å². The fourth-order valence-electron chi connectivity index (χ4n) is 6.04. The van der Waals surface area contributed by atoms with Crippen molar-refractivity contribution in [3.8, 4) is 44.8 Å². The van der Waals surface area contributed by atoms with Crippen molar-refractivity contribution in [2.45, 2.75) is 6.18 Å². The maximum absolute atomic E-state index is 13.1. The molecule has 2 nitrogen and oxygen atoms in total. The molecule has 0 N–H and O–H groups in total. The summed E-state index contributed by atoms with van der Waals surface area (Å²) in [4.78, 5) is 4.61. The Bertz CT molecular complexity index is 2320. The van der Waals surface area contributed by atoms with Gasteiger partial charge >= 0.3 is 6.18 Å². The van der Waals surface area contributed by atoms with Gasteiger partial charge in [-0.15, -0.1) is 0 Å². The smallest absolute Gasteiger partial charge is 0.416 e. The number of hydrogen-bond donors (Lipinski definition) is 0. The van der Waals surface area contributed by atoms with E-state index in [1.54, 1.807) is 12.1 Å². The average molecular weight is 592 g/mol. The summed E-state index contributed by atoms with van der Waals surface area (Å²) in [5, 5.41) is 4.29. The molecule has 0 unspecified atom stereocenters. The number of aromatic nitrogens is 1. The normalized spacial score (nSPS) is 11.9. The summed E-state index contributed by atoms with van der Waals surface area (Å²) in [5.41, 5.74) is 7.91. The van der Waals surface area contributed by atoms with E-state index in [1.165, 1.54) is 0 Å². The van der Waals surface area contributed by atoms with Crippen molar-refractivity contribution >= 4 is 32.6 Å². The highest BCUT2D eigenvalue weighted by molar-refractivity contribution is 6.06. The summed E-state index contributed by atoms with van der Waals surface area (Å²) in [7, 11) is 0. The molecule has 0 bridgehead atoms. The maximum atomic E-state index is 13.1. The van der Waals surface area contributed by atoms with Crippen LogP contribution in [0.1, 0.15) is 5.56 Å². The summed E-state index contributed by atoms with van der Waals surface area (Å²) >= 11 is 0. The van der Waals surface area contributed by atoms with Crippen molar-refractivity contribution in [1.82, 2.24) is 4.98 Å². The van der Waals surface area contributed by atoms with Crippen LogP contribution < -0.4 is 0 Å². The van der Waals surface area contributed by atoms with Gasteiger partial charge < -0.3 is 4.42 Å². The van der Waals surface area contributed by atoms with Crippen molar-refractivity contribution in [3.05, 3.63) is 151 Å². The summed E-state index contributed by atoms with van der Waals surface area (Å²) in [6, 6.07) is 46.4. The second-order valence-corrected chi connectivity index (χ2v) is 11.1. The van der Waals surface area contributed by atoms with Crippen molar-refractivity contribution in [1.29, 1.82) is 0 Å². The number of rotatable bonds is 4. The van der Waals surface area contributed by atoms with Crippen molar-refractivity contribution < 1.29 is 17.6 Å². The molecule has 45 heavy (non-hydrogen) atoms. The third kappa shape index (κ3) is 4.92. The second-order valence-electron chi connectivity index (χ2n) is 11.1. The molecular formula is C40H24F3NO. The Morgan fingerprint density at radius 2 is 1.00 bits per heavy atom. The fourth-order valence-corrected chi connectivity index (χ4v) is 6.04. The molecule has 216 valence electrons. The van der Waals surface area contributed by atoms with Crippen LogP contribution in [0, 0.1) is 0 Å². The Balaban J connectivity index is 1.11. The number of fused-ring (bicyclic) bond motifs is 3. The van der Waals surface area contributed by atoms with Crippen LogP contribution in [-0.4, -0.2) is 4.98 Å². The molecule has 1 aromatic heterocycles. The van der Waals surface area contributed by atoms with E-state index in [2.05, 4.69) is 65.6 Å². The highest BCUT2D eigenvalue weighted by Crippen LogP contribution is 2.38. The minimum Gasteiger partial charge on any atom is -0.436 e. The van der Waals surface area contributed by atoms with Gasteiger partial charge in [-0.1, -0.05) is 97.1 Å². The van der Waals surface area contributed by atoms with Crippen LogP contribution in [0.3, 0.4) is 0 Å². The van der Waals surface area contributed by atoms with Crippen LogP contribution in [0.15, 0.2) is 150 Å². The van der Waals surface area contributed by atoms with E-state index in [9.17, 15) is 13.2 Å². The quantitative estimate of drug-likeness (QED) is 0.203. The van der Waals surface area contributed by atoms with Crippen LogP contribution in [0.2, 0.25) is 0 Å². The maximum Gasteiger partial charge on any atom is 0.416 e. The molecule has 8 aromatic rings. The predicted molar refractivity (Wildman–Crippen MR) is 176 cm³/mol. The van der Waals surface area contributed by atoms with Crippen LogP contribution >= 0.6 is 0 Å². The predicted octanol–water partition coefficient (Wildman–Crippen LogP) is 11.8. The van der Waals surface area contributed by atoms with Gasteiger partial charge in [-0.2, -0.15) is 13.2 Å². The molecule has 7 aromatic carbocycles. The van der Waals surface area contributed by atoms with E-state index >= 15 is 0 Å². The SMILES string of the molecule is FC(F)(F)c1ccc(-c2ccc(-c3ccc4cc(-c5ccc(-c6nc7ccccc7o6)cc5)ccc4c3)c3ccccc23)cc1. The third-order valence-electron chi connectivity index (χ3n) is 8.36. The van der Waals surface area contributed by atoms with Gasteiger partial charge in [0.2, 0.25) is 5.89 Å². The first-order valence-corrected chi connectivity index (χ1v) is 14.6. The summed E-state index contributed by atoms with van der Waals surface area (Å²) in [6.07, 6.45) is -4.36. The van der Waals surface area contributed by atoms with Gasteiger partial charge in [0.15, 0.2) is 5.58 Å². The van der Waals surface area contributed by atoms with Crippen molar-refractivity contribution in [2.75, 3.05) is 0 Å². The Morgan fingerprint density at radius 3 is 1.67 bits per heavy atom. The first kappa shape index (κ1) is 26.9. The van der Waals surface area contributed by atoms with Crippen molar-refractivity contribution in [2.24, 2.45) is 0 Å². The molecule has 0 atom stereocenters. The standard InChI is InChI=1S/C40H24F3NO/c41-40(42,43)32-19-17-26(18-20-32)33-21-22-34(36-6-2-1-5-35(33)36)31-16-15-29-23-28(13-14-30(29)24-31)25-9-11-27(12-10-25)39-44-37-7-3-4-8-38(37)45-39/h1-24H. The van der Waals surface area contributed by atoms with Crippen LogP contribution in [0.25, 0.3) is 77.5 Å². The van der Waals surface area contributed by atoms with Gasteiger partial charge in [-0.05, 0) is 103 Å². The molecule has 0 fully saturated rings. The number of halogens is 3. The molecular weight excluding hydrogens is 567 g/mol. The lowest BCUT2D eigenvalue weighted by Gasteiger charge is -2.14. The Kier molecular flexibility index (Phi) is 6.27. The average Bonchev–Trinajstić information content (AvgIpc) is 3.52. The Hall–Kier alpha value is -5.68. The lowest BCUT2D eigenvalue weighted by molar-refractivity contribution is -0.137. The molecule has 0 amide bonds. The number of hydrogen-bond acceptors (Lipinski definition) is 2. The molecule has 0 aliphatic carbocycles. The molecule has 5 heteroatoms. The molecule has 0 spiro atoms. The lowest BCUT2D eigenvalue weighted by Crippen LogP contribution is -2.04. The third-order valence-corrected chi connectivity index (χ3v) is 8.36. The van der Waals surface area contributed by atoms with E-state index in [0.717, 1.165) is 83.7 Å². The molecule has 8 rings (SSSR count). The van der Waals surface area contributed by atoms with Crippen LogP contribution in [0.4, 0.5) is 13.2 Å². The largest absolute Gasteiger partial charge is 0.436 e. The van der Waals surface area contributed by atoms with Crippen LogP contribution in [-0.2, 0) is 6.18 Å². The molecule has 1 heterocycles. The van der Waals surface area contributed by atoms with Gasteiger partial charge in [-0.3, -0.25) is 0 Å². The van der Waals surface area contributed by atoms with E-state index in [0.29, 0.717) is 5.89 Å². The summed E-state index contributed by atoms with van der Waals surface area (Å²) in [6.45, 7) is 0. The van der Waals surface area contributed by atoms with Gasteiger partial charge in [-0.25, -0.2) is 4.98 Å². The van der Waals surface area contributed by atoms with E-state index in [4.69, 9.17) is 4.42 Å². The zero-order chi connectivity index (χ0) is 30.5. The molecule has 0 radical (unpaired) electrons. The zero-order valence-electron chi connectivity index (χ0n) is 23.8. The highest BCUT2D eigenvalue weighted by Gasteiger charge is 2.30. The van der Waals surface area contributed by atoms with Gasteiger partial charge in [0, 0.05) is 5.56 Å². The van der Waals surface area contributed by atoms with Gasteiger partial charge in [0.1, 0.15) is 5.52 Å². The Labute approximate surface area is 257 Å². The van der Waals surface area contributed by atoms with Gasteiger partial charge in [0.25, 0.3) is 0 Å². The molecule has 0 saturated carbocycles. The van der Waals surface area contributed by atoms with Crippen LogP contribution in [0.5, 0.6) is 0 Å². The Morgan fingerprint density at radius 1 is 0.467 bits per heavy atom. The van der Waals surface area contributed by atoms with E-state index < -0.39 is 11.7 Å². The number of nitrogens with zero attached hydrogens (tertiary/aromatic N) is 1. The van der Waals surface area contributed by atoms with E-state index in [-0.39, 0.29) is 0 Å². The number of alkyl halides is 3. The summed E-state index contributed by atoms with van der Waals surface area (Å²) < 4.78 is 45.3. The zero-order valence-corrected chi connectivity index (χ0v) is 23.8. The summed E-state index contributed by atoms with van der Waals surface area (Å²) in [5.74, 6) is 0.605. The van der Waals surface area contributed by atoms with Crippen molar-refractivity contribution in [3.63, 3.8) is 0 Å². The number of para-hydroxylation sites is 2.